The highest BCUT2D eigenvalue weighted by molar-refractivity contribution is 7.11. The summed E-state index contributed by atoms with van der Waals surface area (Å²) in [6.45, 7) is 8.78. The Hall–Kier alpha value is -1.29. The minimum atomic E-state index is 0.104. The molecule has 0 fully saturated rings. The molecule has 2 aromatic rings. The molecule has 1 unspecified atom stereocenters. The van der Waals surface area contributed by atoms with Crippen molar-refractivity contribution in [1.82, 2.24) is 15.2 Å². The van der Waals surface area contributed by atoms with Crippen LogP contribution >= 0.6 is 11.3 Å². The van der Waals surface area contributed by atoms with Gasteiger partial charge in [-0.15, -0.1) is 21.5 Å². The molecule has 0 radical (unpaired) electrons. The Kier molecular flexibility index (Phi) is 4.30. The SMILES string of the molecule is CC(CCc1nnc(C(C)(C)C)s1)c1ccncc1. The van der Waals surface area contributed by atoms with Gasteiger partial charge in [0, 0.05) is 24.2 Å². The normalized spacial score (nSPS) is 13.5. The third kappa shape index (κ3) is 3.83. The van der Waals surface area contributed by atoms with Gasteiger partial charge in [-0.3, -0.25) is 4.98 Å². The summed E-state index contributed by atoms with van der Waals surface area (Å²) in [5.41, 5.74) is 1.45. The lowest BCUT2D eigenvalue weighted by molar-refractivity contribution is 0.577. The number of rotatable bonds is 4. The Bertz CT molecular complexity index is 514. The molecule has 0 aromatic carbocycles. The fourth-order valence-electron chi connectivity index (χ4n) is 1.86. The number of aromatic nitrogens is 3. The quantitative estimate of drug-likeness (QED) is 0.847. The van der Waals surface area contributed by atoms with Gasteiger partial charge in [-0.1, -0.05) is 27.7 Å². The maximum absolute atomic E-state index is 4.30. The first-order valence-electron chi connectivity index (χ1n) is 6.69. The molecule has 0 aliphatic rings. The molecule has 19 heavy (non-hydrogen) atoms. The van der Waals surface area contributed by atoms with Gasteiger partial charge >= 0.3 is 0 Å². The molecule has 0 amide bonds. The molecule has 0 aliphatic heterocycles. The lowest BCUT2D eigenvalue weighted by Crippen LogP contribution is -2.10. The molecule has 2 heterocycles. The van der Waals surface area contributed by atoms with Crippen LogP contribution in [0.2, 0.25) is 0 Å². The Balaban J connectivity index is 1.94. The molecule has 1 atom stereocenters. The van der Waals surface area contributed by atoms with Crippen molar-refractivity contribution in [2.75, 3.05) is 0 Å². The standard InChI is InChI=1S/C15H21N3S/c1-11(12-7-9-16-10-8-12)5-6-13-17-18-14(19-13)15(2,3)4/h7-11H,5-6H2,1-4H3. The van der Waals surface area contributed by atoms with Crippen LogP contribution in [0.5, 0.6) is 0 Å². The second-order valence-corrected chi connectivity index (χ2v) is 7.03. The smallest absolute Gasteiger partial charge is 0.122 e. The van der Waals surface area contributed by atoms with Crippen molar-refractivity contribution in [3.63, 3.8) is 0 Å². The molecule has 2 aromatic heterocycles. The number of aryl methyl sites for hydroxylation is 1. The molecule has 102 valence electrons. The van der Waals surface area contributed by atoms with E-state index in [0.717, 1.165) is 22.9 Å². The van der Waals surface area contributed by atoms with Gasteiger partial charge in [0.2, 0.25) is 0 Å². The largest absolute Gasteiger partial charge is 0.265 e. The zero-order chi connectivity index (χ0) is 13.9. The first-order valence-corrected chi connectivity index (χ1v) is 7.51. The summed E-state index contributed by atoms with van der Waals surface area (Å²) in [6.07, 6.45) is 5.81. The molecule has 4 heteroatoms. The Morgan fingerprint density at radius 1 is 1.16 bits per heavy atom. The summed E-state index contributed by atoms with van der Waals surface area (Å²) >= 11 is 1.74. The third-order valence-corrected chi connectivity index (χ3v) is 4.58. The van der Waals surface area contributed by atoms with E-state index in [1.54, 1.807) is 11.3 Å². The summed E-state index contributed by atoms with van der Waals surface area (Å²) in [4.78, 5) is 4.06. The zero-order valence-corrected chi connectivity index (χ0v) is 12.9. The van der Waals surface area contributed by atoms with Crippen molar-refractivity contribution in [2.24, 2.45) is 0 Å². The van der Waals surface area contributed by atoms with Crippen LogP contribution in [-0.2, 0) is 11.8 Å². The molecule has 0 aliphatic carbocycles. The van der Waals surface area contributed by atoms with Crippen molar-refractivity contribution in [1.29, 1.82) is 0 Å². The van der Waals surface area contributed by atoms with Crippen molar-refractivity contribution >= 4 is 11.3 Å². The van der Waals surface area contributed by atoms with Gasteiger partial charge in [0.1, 0.15) is 10.0 Å². The second-order valence-electron chi connectivity index (χ2n) is 5.97. The van der Waals surface area contributed by atoms with E-state index in [0.29, 0.717) is 5.92 Å². The highest BCUT2D eigenvalue weighted by Crippen LogP contribution is 2.27. The average Bonchev–Trinajstić information content (AvgIpc) is 2.86. The molecular formula is C15H21N3S. The van der Waals surface area contributed by atoms with Crippen molar-refractivity contribution in [3.05, 3.63) is 40.1 Å². The Labute approximate surface area is 119 Å². The second kappa shape index (κ2) is 5.78. The highest BCUT2D eigenvalue weighted by Gasteiger charge is 2.19. The lowest BCUT2D eigenvalue weighted by atomic mass is 9.97. The van der Waals surface area contributed by atoms with Gasteiger partial charge in [0.05, 0.1) is 0 Å². The van der Waals surface area contributed by atoms with E-state index in [-0.39, 0.29) is 5.41 Å². The van der Waals surface area contributed by atoms with E-state index in [1.165, 1.54) is 5.56 Å². The van der Waals surface area contributed by atoms with E-state index < -0.39 is 0 Å². The topological polar surface area (TPSA) is 38.7 Å². The summed E-state index contributed by atoms with van der Waals surface area (Å²) in [5, 5.41) is 10.9. The van der Waals surface area contributed by atoms with Crippen LogP contribution in [0.4, 0.5) is 0 Å². The predicted molar refractivity (Wildman–Crippen MR) is 79.6 cm³/mol. The first-order chi connectivity index (χ1) is 8.97. The van der Waals surface area contributed by atoms with Gasteiger partial charge in [0.15, 0.2) is 0 Å². The van der Waals surface area contributed by atoms with Gasteiger partial charge in [-0.25, -0.2) is 0 Å². The molecule has 0 N–H and O–H groups in total. The Morgan fingerprint density at radius 2 is 1.84 bits per heavy atom. The summed E-state index contributed by atoms with van der Waals surface area (Å²) in [6, 6.07) is 4.18. The van der Waals surface area contributed by atoms with Crippen LogP contribution in [0.3, 0.4) is 0 Å². The van der Waals surface area contributed by atoms with Crippen molar-refractivity contribution in [2.45, 2.75) is 51.9 Å². The molecule has 0 saturated heterocycles. The highest BCUT2D eigenvalue weighted by atomic mass is 32.1. The van der Waals surface area contributed by atoms with Crippen LogP contribution in [0.1, 0.15) is 55.6 Å². The van der Waals surface area contributed by atoms with E-state index in [4.69, 9.17) is 0 Å². The first kappa shape index (κ1) is 14.1. The fraction of sp³-hybridized carbons (Fsp3) is 0.533. The van der Waals surface area contributed by atoms with E-state index in [9.17, 15) is 0 Å². The fourth-order valence-corrected chi connectivity index (χ4v) is 2.77. The summed E-state index contributed by atoms with van der Waals surface area (Å²) in [7, 11) is 0. The lowest BCUT2D eigenvalue weighted by Gasteiger charge is -2.12. The van der Waals surface area contributed by atoms with Crippen molar-refractivity contribution < 1.29 is 0 Å². The number of hydrogen-bond acceptors (Lipinski definition) is 4. The van der Waals surface area contributed by atoms with Gasteiger partial charge in [-0.2, -0.15) is 0 Å². The van der Waals surface area contributed by atoms with Crippen LogP contribution < -0.4 is 0 Å². The minimum absolute atomic E-state index is 0.104. The third-order valence-electron chi connectivity index (χ3n) is 3.17. The maximum Gasteiger partial charge on any atom is 0.122 e. The van der Waals surface area contributed by atoms with E-state index in [1.807, 2.05) is 12.4 Å². The Morgan fingerprint density at radius 3 is 2.42 bits per heavy atom. The minimum Gasteiger partial charge on any atom is -0.265 e. The van der Waals surface area contributed by atoms with Crippen LogP contribution in [0.25, 0.3) is 0 Å². The van der Waals surface area contributed by atoms with Gasteiger partial charge < -0.3 is 0 Å². The van der Waals surface area contributed by atoms with Gasteiger partial charge in [-0.05, 0) is 30.0 Å². The van der Waals surface area contributed by atoms with Crippen LogP contribution in [-0.4, -0.2) is 15.2 Å². The van der Waals surface area contributed by atoms with Crippen molar-refractivity contribution in [3.8, 4) is 0 Å². The molecule has 0 saturated carbocycles. The molecule has 0 spiro atoms. The van der Waals surface area contributed by atoms with E-state index >= 15 is 0 Å². The van der Waals surface area contributed by atoms with E-state index in [2.05, 4.69) is 55.0 Å². The molecule has 2 rings (SSSR count). The molecule has 0 bridgehead atoms. The van der Waals surface area contributed by atoms with Crippen LogP contribution in [0.15, 0.2) is 24.5 Å². The monoisotopic (exact) mass is 275 g/mol. The molecule has 3 nitrogen and oxygen atoms in total. The average molecular weight is 275 g/mol. The summed E-state index contributed by atoms with van der Waals surface area (Å²) < 4.78 is 0. The maximum atomic E-state index is 4.30. The summed E-state index contributed by atoms with van der Waals surface area (Å²) in [5.74, 6) is 0.532. The number of pyridine rings is 1. The predicted octanol–water partition coefficient (Wildman–Crippen LogP) is 3.97. The van der Waals surface area contributed by atoms with Crippen LogP contribution in [0, 0.1) is 0 Å². The number of nitrogens with zero attached hydrogens (tertiary/aromatic N) is 3. The molecular weight excluding hydrogens is 254 g/mol. The number of hydrogen-bond donors (Lipinski definition) is 0. The van der Waals surface area contributed by atoms with Gasteiger partial charge in [0.25, 0.3) is 0 Å². The zero-order valence-electron chi connectivity index (χ0n) is 12.1.